The second-order valence-electron chi connectivity index (χ2n) is 11.0. The number of benzene rings is 3. The largest absolute Gasteiger partial charge is 0.351 e. The van der Waals surface area contributed by atoms with Crippen LogP contribution in [0.1, 0.15) is 55.4 Å². The van der Waals surface area contributed by atoms with E-state index >= 15 is 0 Å². The fourth-order valence-corrected chi connectivity index (χ4v) is 8.55. The second kappa shape index (κ2) is 9.87. The number of para-hydroxylation sites is 1. The van der Waals surface area contributed by atoms with Crippen molar-refractivity contribution in [1.29, 1.82) is 0 Å². The van der Waals surface area contributed by atoms with Gasteiger partial charge in [-0.15, -0.1) is 0 Å². The van der Waals surface area contributed by atoms with E-state index in [0.29, 0.717) is 17.0 Å². The molecule has 6 rings (SSSR count). The summed E-state index contributed by atoms with van der Waals surface area (Å²) in [6.07, 6.45) is 0.510. The maximum Gasteiger partial charge on any atom is 0.245 e. The zero-order valence-corrected chi connectivity index (χ0v) is 24.6. The smallest absolute Gasteiger partial charge is 0.245 e. The van der Waals surface area contributed by atoms with Crippen molar-refractivity contribution < 1.29 is 13.2 Å². The summed E-state index contributed by atoms with van der Waals surface area (Å²) in [6.45, 7) is 5.20. The number of rotatable bonds is 6. The Labute approximate surface area is 241 Å². The molecule has 2 N–H and O–H groups in total. The van der Waals surface area contributed by atoms with E-state index in [9.17, 15) is 13.2 Å². The highest BCUT2D eigenvalue weighted by atomic mass is 35.5. The van der Waals surface area contributed by atoms with Crippen LogP contribution in [0, 0.1) is 0 Å². The molecule has 0 spiro atoms. The number of nitrogens with zero attached hydrogens (tertiary/aromatic N) is 3. The SMILES string of the molecule is CC(C)(C)N1C(=O)CC(c2ccc(C[C@H](Nc3nc4ccccc4s3)c3nc4ccc(Cl)cc4[nH]3)cc2)S1(=O)=O. The molecule has 11 heteroatoms. The number of anilines is 1. The Bertz CT molecular complexity index is 1810. The molecule has 3 aromatic carbocycles. The van der Waals surface area contributed by atoms with Crippen LogP contribution in [-0.2, 0) is 21.2 Å². The summed E-state index contributed by atoms with van der Waals surface area (Å²) in [7, 11) is -3.80. The number of sulfonamides is 1. The molecule has 3 heterocycles. The lowest BCUT2D eigenvalue weighted by Gasteiger charge is -2.30. The van der Waals surface area contributed by atoms with Gasteiger partial charge in [-0.05, 0) is 68.7 Å². The van der Waals surface area contributed by atoms with E-state index in [1.165, 1.54) is 0 Å². The maximum atomic E-state index is 13.3. The molecule has 2 aromatic heterocycles. The second-order valence-corrected chi connectivity index (χ2v) is 14.4. The highest BCUT2D eigenvalue weighted by Gasteiger charge is 2.49. The van der Waals surface area contributed by atoms with Gasteiger partial charge in [-0.3, -0.25) is 4.79 Å². The van der Waals surface area contributed by atoms with Gasteiger partial charge in [-0.25, -0.2) is 22.7 Å². The molecule has 40 heavy (non-hydrogen) atoms. The van der Waals surface area contributed by atoms with Crippen molar-refractivity contribution in [2.24, 2.45) is 0 Å². The molecule has 1 aliphatic rings. The molecule has 0 radical (unpaired) electrons. The van der Waals surface area contributed by atoms with Crippen molar-refractivity contribution in [3.63, 3.8) is 0 Å². The molecule has 0 saturated carbocycles. The van der Waals surface area contributed by atoms with Gasteiger partial charge >= 0.3 is 0 Å². The maximum absolute atomic E-state index is 13.3. The topological polar surface area (TPSA) is 108 Å². The monoisotopic (exact) mass is 593 g/mol. The van der Waals surface area contributed by atoms with E-state index in [1.54, 1.807) is 32.1 Å². The highest BCUT2D eigenvalue weighted by molar-refractivity contribution is 7.90. The van der Waals surface area contributed by atoms with Crippen LogP contribution in [0.2, 0.25) is 5.02 Å². The predicted octanol–water partition coefficient (Wildman–Crippen LogP) is 6.62. The first-order valence-electron chi connectivity index (χ1n) is 12.9. The fourth-order valence-electron chi connectivity index (χ4n) is 5.23. The number of aromatic amines is 1. The van der Waals surface area contributed by atoms with Crippen molar-refractivity contribution in [2.75, 3.05) is 5.32 Å². The fraction of sp³-hybridized carbons (Fsp3) is 0.276. The predicted molar refractivity (Wildman–Crippen MR) is 160 cm³/mol. The van der Waals surface area contributed by atoms with Crippen LogP contribution in [0.15, 0.2) is 66.7 Å². The Balaban J connectivity index is 1.30. The molecule has 1 unspecified atom stereocenters. The van der Waals surface area contributed by atoms with E-state index in [1.807, 2.05) is 66.7 Å². The molecule has 2 atom stereocenters. The van der Waals surface area contributed by atoms with Gasteiger partial charge in [-0.1, -0.05) is 59.3 Å². The van der Waals surface area contributed by atoms with Crippen LogP contribution < -0.4 is 5.32 Å². The van der Waals surface area contributed by atoms with Gasteiger partial charge in [0.1, 0.15) is 11.1 Å². The summed E-state index contributed by atoms with van der Waals surface area (Å²) in [5.74, 6) is 0.372. The first kappa shape index (κ1) is 26.7. The molecule has 206 valence electrons. The van der Waals surface area contributed by atoms with Crippen LogP contribution in [0.3, 0.4) is 0 Å². The number of aromatic nitrogens is 3. The number of hydrogen-bond acceptors (Lipinski definition) is 7. The molecule has 0 bridgehead atoms. The van der Waals surface area contributed by atoms with Gasteiger partial charge in [0.05, 0.1) is 39.3 Å². The zero-order valence-electron chi connectivity index (χ0n) is 22.2. The number of carbonyl (C=O) groups is 1. The third-order valence-electron chi connectivity index (χ3n) is 6.99. The molecule has 1 fully saturated rings. The Morgan fingerprint density at radius 3 is 2.52 bits per heavy atom. The van der Waals surface area contributed by atoms with Crippen molar-refractivity contribution in [3.8, 4) is 0 Å². The highest BCUT2D eigenvalue weighted by Crippen LogP contribution is 2.40. The first-order chi connectivity index (χ1) is 19.0. The minimum absolute atomic E-state index is 0.0533. The number of nitrogens with one attached hydrogen (secondary N) is 2. The number of fused-ring (bicyclic) bond motifs is 2. The molecular weight excluding hydrogens is 566 g/mol. The summed E-state index contributed by atoms with van der Waals surface area (Å²) in [6, 6.07) is 20.7. The van der Waals surface area contributed by atoms with Crippen LogP contribution >= 0.6 is 22.9 Å². The summed E-state index contributed by atoms with van der Waals surface area (Å²) >= 11 is 7.78. The van der Waals surface area contributed by atoms with Crippen LogP contribution in [0.25, 0.3) is 21.3 Å². The number of thiazole rings is 1. The van der Waals surface area contributed by atoms with E-state index in [4.69, 9.17) is 21.6 Å². The Morgan fingerprint density at radius 2 is 1.82 bits per heavy atom. The number of hydrogen-bond donors (Lipinski definition) is 2. The molecule has 5 aromatic rings. The summed E-state index contributed by atoms with van der Waals surface area (Å²) in [5, 5.41) is 4.07. The molecule has 1 amide bonds. The van der Waals surface area contributed by atoms with Crippen molar-refractivity contribution in [3.05, 3.63) is 88.7 Å². The van der Waals surface area contributed by atoms with Crippen LogP contribution in [-0.4, -0.2) is 39.1 Å². The summed E-state index contributed by atoms with van der Waals surface area (Å²) < 4.78 is 28.6. The van der Waals surface area contributed by atoms with Crippen LogP contribution in [0.5, 0.6) is 0 Å². The van der Waals surface area contributed by atoms with Gasteiger partial charge < -0.3 is 10.3 Å². The minimum atomic E-state index is -3.80. The first-order valence-corrected chi connectivity index (χ1v) is 15.6. The summed E-state index contributed by atoms with van der Waals surface area (Å²) in [5.41, 5.74) is 3.36. The molecule has 0 aliphatic carbocycles. The van der Waals surface area contributed by atoms with Gasteiger partial charge in [0.2, 0.25) is 15.9 Å². The van der Waals surface area contributed by atoms with Crippen molar-refractivity contribution >= 4 is 65.2 Å². The third-order valence-corrected chi connectivity index (χ3v) is 10.6. The summed E-state index contributed by atoms with van der Waals surface area (Å²) in [4.78, 5) is 25.6. The zero-order chi connectivity index (χ0) is 28.2. The number of halogens is 1. The van der Waals surface area contributed by atoms with Crippen molar-refractivity contribution in [2.45, 2.75) is 50.4 Å². The van der Waals surface area contributed by atoms with Gasteiger partial charge in [0.15, 0.2) is 5.13 Å². The van der Waals surface area contributed by atoms with E-state index < -0.39 is 20.8 Å². The lowest BCUT2D eigenvalue weighted by atomic mass is 10.0. The van der Waals surface area contributed by atoms with Gasteiger partial charge in [0.25, 0.3) is 0 Å². The Morgan fingerprint density at radius 1 is 1.07 bits per heavy atom. The average Bonchev–Trinajstić information content (AvgIpc) is 3.55. The van der Waals surface area contributed by atoms with Crippen LogP contribution in [0.4, 0.5) is 5.13 Å². The van der Waals surface area contributed by atoms with E-state index in [2.05, 4.69) is 10.3 Å². The lowest BCUT2D eigenvalue weighted by molar-refractivity contribution is -0.128. The molecule has 1 saturated heterocycles. The van der Waals surface area contributed by atoms with E-state index in [0.717, 1.165) is 42.1 Å². The molecule has 1 aliphatic heterocycles. The lowest BCUT2D eigenvalue weighted by Crippen LogP contribution is -2.45. The third kappa shape index (κ3) is 4.95. The normalized spacial score (nSPS) is 18.1. The van der Waals surface area contributed by atoms with E-state index in [-0.39, 0.29) is 18.4 Å². The quantitative estimate of drug-likeness (QED) is 0.229. The van der Waals surface area contributed by atoms with Crippen molar-refractivity contribution in [1.82, 2.24) is 19.3 Å². The standard InChI is InChI=1S/C29H28ClN5O3S2/c1-29(2,3)35-26(36)16-25(40(35,37)38)18-10-8-17(9-11-18)14-23(27-31-20-13-12-19(30)15-22(20)32-27)34-28-33-21-6-4-5-7-24(21)39-28/h4-13,15,23,25H,14,16H2,1-3H3,(H,31,32)(H,33,34)/t23-,25?/m0/s1. The van der Waals surface area contributed by atoms with Gasteiger partial charge in [-0.2, -0.15) is 0 Å². The van der Waals surface area contributed by atoms with Gasteiger partial charge in [0, 0.05) is 5.02 Å². The number of imidazole rings is 1. The number of carbonyl (C=O) groups excluding carboxylic acids is 1. The average molecular weight is 594 g/mol. The Kier molecular flexibility index (Phi) is 6.59. The number of amides is 1. The minimum Gasteiger partial charge on any atom is -0.351 e. The Hall–Kier alpha value is -3.47. The molecular formula is C29H28ClN5O3S2. The molecule has 8 nitrogen and oxygen atoms in total. The number of H-pyrrole nitrogens is 1.